The van der Waals surface area contributed by atoms with Gasteiger partial charge < -0.3 is 15.6 Å². The summed E-state index contributed by atoms with van der Waals surface area (Å²) in [5.41, 5.74) is 4.53. The Balaban J connectivity index is 1.58. The van der Waals surface area contributed by atoms with Crippen LogP contribution in [0.3, 0.4) is 0 Å². The van der Waals surface area contributed by atoms with Crippen LogP contribution in [0.2, 0.25) is 0 Å². The van der Waals surface area contributed by atoms with Crippen molar-refractivity contribution in [3.8, 4) is 5.88 Å². The fourth-order valence-corrected chi connectivity index (χ4v) is 5.68. The van der Waals surface area contributed by atoms with E-state index in [9.17, 15) is 31.9 Å². The summed E-state index contributed by atoms with van der Waals surface area (Å²) >= 11 is 1.15. The number of nitrogens with zero attached hydrogens (tertiary/aromatic N) is 3. The molecule has 1 aliphatic heterocycles. The molecule has 2 aliphatic rings. The van der Waals surface area contributed by atoms with Gasteiger partial charge in [0, 0.05) is 17.9 Å². The Morgan fingerprint density at radius 3 is 2.74 bits per heavy atom. The number of Topliss-reactive ketones (excluding diaryl/α,β-unsaturated/α-hetero) is 1. The molecule has 1 aromatic carbocycles. The molecule has 1 aromatic heterocycles. The van der Waals surface area contributed by atoms with Crippen LogP contribution in [-0.4, -0.2) is 56.8 Å². The monoisotopic (exact) mass is 516 g/mol. The molecule has 0 saturated heterocycles. The first-order chi connectivity index (χ1) is 16.4. The number of ether oxygens (including phenoxy) is 1. The molecule has 188 valence electrons. The van der Waals surface area contributed by atoms with E-state index in [4.69, 9.17) is 5.73 Å². The third-order valence-electron chi connectivity index (χ3n) is 6.12. The zero-order chi connectivity index (χ0) is 25.6. The molecule has 1 saturated carbocycles. The molecule has 0 bridgehead atoms. The van der Waals surface area contributed by atoms with Crippen LogP contribution in [0.25, 0.3) is 0 Å². The normalized spacial score (nSPS) is 25.6. The second-order valence-electron chi connectivity index (χ2n) is 8.55. The number of hydrogen-bond acceptors (Lipinski definition) is 8. The molecule has 13 heteroatoms. The minimum atomic E-state index is -4.55. The molecule has 3 N–H and O–H groups in total. The number of carbonyl (C=O) groups excluding carboxylic acids is 1. The van der Waals surface area contributed by atoms with Gasteiger partial charge in [0.05, 0.1) is 23.2 Å². The molecule has 0 amide bonds. The summed E-state index contributed by atoms with van der Waals surface area (Å²) in [6.07, 6.45) is -3.48. The van der Waals surface area contributed by atoms with Crippen LogP contribution in [0.5, 0.6) is 5.88 Å². The molecular formula is C22H21F5N4O3S. The van der Waals surface area contributed by atoms with Crippen molar-refractivity contribution in [1.29, 1.82) is 0 Å². The third kappa shape index (κ3) is 4.83. The number of hydrogen-bond donors (Lipinski definition) is 2. The number of aryl methyl sites for hydroxylation is 1. The Labute approximate surface area is 201 Å². The van der Waals surface area contributed by atoms with Crippen LogP contribution in [-0.2, 0) is 12.0 Å². The highest BCUT2D eigenvalue weighted by atomic mass is 32.2. The maximum absolute atomic E-state index is 14.9. The number of aliphatic hydroxyl groups is 1. The van der Waals surface area contributed by atoms with E-state index in [2.05, 4.69) is 19.7 Å². The number of carbonyl (C=O) groups is 1. The largest absolute Gasteiger partial charge is 0.467 e. The summed E-state index contributed by atoms with van der Waals surface area (Å²) in [5, 5.41) is 9.85. The number of aliphatic imine (C=N–C) groups is 1. The van der Waals surface area contributed by atoms with Gasteiger partial charge in [0.1, 0.15) is 23.7 Å². The summed E-state index contributed by atoms with van der Waals surface area (Å²) < 4.78 is 70.1. The fourth-order valence-electron chi connectivity index (χ4n) is 4.40. The molecule has 35 heavy (non-hydrogen) atoms. The summed E-state index contributed by atoms with van der Waals surface area (Å²) in [6.45, 7) is -1.46. The first kappa shape index (κ1) is 25.3. The number of halogens is 5. The molecular weight excluding hydrogens is 495 g/mol. The number of aromatic nitrogens is 2. The lowest BCUT2D eigenvalue weighted by molar-refractivity contribution is -0.154. The Bertz CT molecular complexity index is 1190. The Morgan fingerprint density at radius 1 is 1.37 bits per heavy atom. The molecule has 2 aromatic rings. The minimum absolute atomic E-state index is 0.0464. The molecule has 1 aliphatic carbocycles. The number of fused-ring (bicyclic) bond motifs is 1. The number of aliphatic hydroxyl groups excluding tert-OH is 1. The Hall–Kier alpha value is -2.80. The van der Waals surface area contributed by atoms with Crippen molar-refractivity contribution in [2.75, 3.05) is 19.9 Å². The van der Waals surface area contributed by atoms with Gasteiger partial charge in [0.2, 0.25) is 5.88 Å². The topological polar surface area (TPSA) is 111 Å². The first-order valence-corrected chi connectivity index (χ1v) is 11.3. The highest BCUT2D eigenvalue weighted by Gasteiger charge is 2.68. The van der Waals surface area contributed by atoms with Crippen molar-refractivity contribution < 1.29 is 36.6 Å². The molecule has 3 atom stereocenters. The zero-order valence-electron chi connectivity index (χ0n) is 18.4. The van der Waals surface area contributed by atoms with Gasteiger partial charge >= 0.3 is 6.18 Å². The van der Waals surface area contributed by atoms with E-state index in [-0.39, 0.29) is 41.0 Å². The Kier molecular flexibility index (Phi) is 6.51. The number of rotatable bonds is 8. The van der Waals surface area contributed by atoms with E-state index in [1.807, 2.05) is 0 Å². The highest BCUT2D eigenvalue weighted by Crippen LogP contribution is 2.65. The van der Waals surface area contributed by atoms with Gasteiger partial charge in [-0.3, -0.25) is 4.79 Å². The van der Waals surface area contributed by atoms with Crippen LogP contribution < -0.4 is 10.5 Å². The van der Waals surface area contributed by atoms with Gasteiger partial charge in [0.25, 0.3) is 0 Å². The average Bonchev–Trinajstić information content (AvgIpc) is 3.53. The third-order valence-corrected chi connectivity index (χ3v) is 7.41. The standard InChI is InChI=1S/C22H21F5N4O3S/c1-11-18(29-7-17(30-11)34-10-22(25,26)27)15(33)5-12-2-3-14(24)13(4-12)21(8-23)16-6-20(16,9-32)35-19(28)31-21/h2-4,7,16,32H,5-6,8-10H2,1H3,(H2,28,31)/t16-,20-,21-/m1/s1. The smallest absolute Gasteiger partial charge is 0.422 e. The van der Waals surface area contributed by atoms with Crippen molar-refractivity contribution in [2.45, 2.75) is 36.2 Å². The van der Waals surface area contributed by atoms with E-state index < -0.39 is 47.3 Å². The number of benzene rings is 1. The molecule has 7 nitrogen and oxygen atoms in total. The number of amidine groups is 1. The quantitative estimate of drug-likeness (QED) is 0.409. The SMILES string of the molecule is Cc1nc(OCC(F)(F)F)cnc1C(=O)Cc1ccc(F)c([C@@]2(CF)N=C(N)S[C@@]3(CO)C[C@H]32)c1. The van der Waals surface area contributed by atoms with Crippen LogP contribution >= 0.6 is 11.8 Å². The van der Waals surface area contributed by atoms with Crippen LogP contribution in [0.15, 0.2) is 29.4 Å². The number of thioether (sulfide) groups is 1. The van der Waals surface area contributed by atoms with E-state index >= 15 is 0 Å². The van der Waals surface area contributed by atoms with E-state index in [1.165, 1.54) is 19.1 Å². The highest BCUT2D eigenvalue weighted by molar-refractivity contribution is 8.15. The van der Waals surface area contributed by atoms with Gasteiger partial charge in [-0.1, -0.05) is 17.8 Å². The summed E-state index contributed by atoms with van der Waals surface area (Å²) in [6, 6.07) is 3.82. The molecule has 0 unspecified atom stereocenters. The number of nitrogens with two attached hydrogens (primary N) is 1. The van der Waals surface area contributed by atoms with Gasteiger partial charge in [-0.05, 0) is 31.0 Å². The maximum Gasteiger partial charge on any atom is 0.422 e. The van der Waals surface area contributed by atoms with Gasteiger partial charge in [-0.2, -0.15) is 13.2 Å². The van der Waals surface area contributed by atoms with Crippen molar-refractivity contribution in [3.63, 3.8) is 0 Å². The second-order valence-corrected chi connectivity index (χ2v) is 9.99. The van der Waals surface area contributed by atoms with Gasteiger partial charge in [-0.25, -0.2) is 23.7 Å². The van der Waals surface area contributed by atoms with Gasteiger partial charge in [0.15, 0.2) is 17.6 Å². The van der Waals surface area contributed by atoms with Crippen LogP contribution in [0.4, 0.5) is 22.0 Å². The molecule has 0 spiro atoms. The number of ketones is 1. The molecule has 1 fully saturated rings. The predicted molar refractivity (Wildman–Crippen MR) is 118 cm³/mol. The van der Waals surface area contributed by atoms with Crippen LogP contribution in [0, 0.1) is 18.7 Å². The van der Waals surface area contributed by atoms with Crippen LogP contribution in [0.1, 0.15) is 33.7 Å². The number of alkyl halides is 4. The minimum Gasteiger partial charge on any atom is -0.467 e. The molecule has 2 heterocycles. The van der Waals surface area contributed by atoms with E-state index in [1.54, 1.807) is 0 Å². The van der Waals surface area contributed by atoms with Crippen molar-refractivity contribution >= 4 is 22.7 Å². The second kappa shape index (κ2) is 9.01. The van der Waals surface area contributed by atoms with Gasteiger partial charge in [-0.15, -0.1) is 0 Å². The lowest BCUT2D eigenvalue weighted by atomic mass is 9.83. The fraction of sp³-hybridized carbons (Fsp3) is 0.455. The Morgan fingerprint density at radius 2 is 2.11 bits per heavy atom. The average molecular weight is 516 g/mol. The maximum atomic E-state index is 14.9. The summed E-state index contributed by atoms with van der Waals surface area (Å²) in [4.78, 5) is 24.8. The van der Waals surface area contributed by atoms with Crippen molar-refractivity contribution in [2.24, 2.45) is 16.6 Å². The van der Waals surface area contributed by atoms with Crippen molar-refractivity contribution in [3.05, 3.63) is 52.7 Å². The lowest BCUT2D eigenvalue weighted by Gasteiger charge is -2.34. The molecule has 0 radical (unpaired) electrons. The van der Waals surface area contributed by atoms with Crippen molar-refractivity contribution in [1.82, 2.24) is 9.97 Å². The zero-order valence-corrected chi connectivity index (χ0v) is 19.2. The summed E-state index contributed by atoms with van der Waals surface area (Å²) in [5.74, 6) is -2.10. The first-order valence-electron chi connectivity index (χ1n) is 10.5. The molecule has 4 rings (SSSR count). The van der Waals surface area contributed by atoms with E-state index in [0.717, 1.165) is 24.0 Å². The lowest BCUT2D eigenvalue weighted by Crippen LogP contribution is -2.41. The predicted octanol–water partition coefficient (Wildman–Crippen LogP) is 3.27. The summed E-state index contributed by atoms with van der Waals surface area (Å²) in [7, 11) is 0. The van der Waals surface area contributed by atoms with E-state index in [0.29, 0.717) is 12.0 Å².